The van der Waals surface area contributed by atoms with Gasteiger partial charge in [0.05, 0.1) is 0 Å². The molecule has 0 spiro atoms. The molecule has 0 aromatic heterocycles. The lowest BCUT2D eigenvalue weighted by molar-refractivity contribution is 0.176. The maximum absolute atomic E-state index is 3.64. The molecule has 1 heterocycles. The van der Waals surface area contributed by atoms with Gasteiger partial charge in [-0.2, -0.15) is 0 Å². The van der Waals surface area contributed by atoms with Crippen molar-refractivity contribution in [3.05, 3.63) is 0 Å². The van der Waals surface area contributed by atoms with E-state index in [4.69, 9.17) is 0 Å². The van der Waals surface area contributed by atoms with Crippen molar-refractivity contribution in [1.29, 1.82) is 0 Å². The van der Waals surface area contributed by atoms with Crippen molar-refractivity contribution in [3.8, 4) is 0 Å². The summed E-state index contributed by atoms with van der Waals surface area (Å²) in [5.74, 6) is 0.841. The monoisotopic (exact) mass is 226 g/mol. The van der Waals surface area contributed by atoms with Crippen LogP contribution < -0.4 is 5.32 Å². The Kier molecular flexibility index (Phi) is 5.26. The van der Waals surface area contributed by atoms with Crippen molar-refractivity contribution < 1.29 is 0 Å². The molecule has 0 radical (unpaired) electrons. The Morgan fingerprint density at radius 3 is 2.69 bits per heavy atom. The van der Waals surface area contributed by atoms with Gasteiger partial charge in [-0.15, -0.1) is 0 Å². The zero-order valence-corrected chi connectivity index (χ0v) is 11.8. The summed E-state index contributed by atoms with van der Waals surface area (Å²) >= 11 is 0. The Labute approximate surface area is 102 Å². The van der Waals surface area contributed by atoms with E-state index in [1.807, 2.05) is 0 Å². The molecule has 1 N–H and O–H groups in total. The van der Waals surface area contributed by atoms with Crippen LogP contribution in [0.4, 0.5) is 0 Å². The Morgan fingerprint density at radius 1 is 1.38 bits per heavy atom. The van der Waals surface area contributed by atoms with E-state index in [0.29, 0.717) is 0 Å². The molecule has 0 bridgehead atoms. The molecule has 1 rings (SSSR count). The summed E-state index contributed by atoms with van der Waals surface area (Å²) in [6.07, 6.45) is 3.99. The van der Waals surface area contributed by atoms with E-state index in [2.05, 4.69) is 44.8 Å². The Balaban J connectivity index is 2.41. The van der Waals surface area contributed by atoms with Crippen molar-refractivity contribution in [1.82, 2.24) is 10.2 Å². The molecule has 1 fully saturated rings. The molecule has 1 atom stereocenters. The van der Waals surface area contributed by atoms with E-state index in [-0.39, 0.29) is 5.54 Å². The molecule has 1 saturated heterocycles. The first kappa shape index (κ1) is 14.0. The fraction of sp³-hybridized carbons (Fsp3) is 1.00. The second-order valence-corrected chi connectivity index (χ2v) is 6.45. The van der Waals surface area contributed by atoms with Crippen molar-refractivity contribution in [2.45, 2.75) is 65.5 Å². The molecule has 96 valence electrons. The quantitative estimate of drug-likeness (QED) is 0.793. The second-order valence-electron chi connectivity index (χ2n) is 6.45. The van der Waals surface area contributed by atoms with Crippen LogP contribution in [0.15, 0.2) is 0 Å². The third-order valence-corrected chi connectivity index (χ3v) is 3.61. The van der Waals surface area contributed by atoms with Gasteiger partial charge in [0, 0.05) is 18.1 Å². The van der Waals surface area contributed by atoms with E-state index in [1.54, 1.807) is 0 Å². The number of hydrogen-bond donors (Lipinski definition) is 1. The van der Waals surface area contributed by atoms with Crippen LogP contribution in [0.1, 0.15) is 53.9 Å². The Morgan fingerprint density at radius 2 is 2.06 bits per heavy atom. The second kappa shape index (κ2) is 6.02. The van der Waals surface area contributed by atoms with Crippen LogP contribution >= 0.6 is 0 Å². The molecule has 0 aromatic carbocycles. The summed E-state index contributed by atoms with van der Waals surface area (Å²) in [7, 11) is 0. The van der Waals surface area contributed by atoms with Gasteiger partial charge in [-0.1, -0.05) is 13.8 Å². The topological polar surface area (TPSA) is 15.3 Å². The van der Waals surface area contributed by atoms with Gasteiger partial charge in [-0.25, -0.2) is 0 Å². The number of nitrogens with one attached hydrogen (secondary N) is 1. The van der Waals surface area contributed by atoms with Gasteiger partial charge >= 0.3 is 0 Å². The van der Waals surface area contributed by atoms with Crippen LogP contribution in [0, 0.1) is 5.92 Å². The van der Waals surface area contributed by atoms with Crippen LogP contribution in [0.3, 0.4) is 0 Å². The summed E-state index contributed by atoms with van der Waals surface area (Å²) < 4.78 is 0. The van der Waals surface area contributed by atoms with Gasteiger partial charge < -0.3 is 5.32 Å². The summed E-state index contributed by atoms with van der Waals surface area (Å²) in [5.41, 5.74) is 0.280. The van der Waals surface area contributed by atoms with Crippen LogP contribution in [-0.2, 0) is 0 Å². The van der Waals surface area contributed by atoms with Crippen LogP contribution in [0.2, 0.25) is 0 Å². The minimum Gasteiger partial charge on any atom is -0.310 e. The summed E-state index contributed by atoms with van der Waals surface area (Å²) in [6.45, 7) is 15.3. The lowest BCUT2D eigenvalue weighted by Gasteiger charge is -2.33. The van der Waals surface area contributed by atoms with E-state index in [0.717, 1.165) is 18.5 Å². The predicted octanol–water partition coefficient (Wildman–Crippen LogP) is 2.89. The third kappa shape index (κ3) is 4.84. The van der Waals surface area contributed by atoms with Gasteiger partial charge in [0.2, 0.25) is 0 Å². The molecule has 1 aliphatic rings. The summed E-state index contributed by atoms with van der Waals surface area (Å²) in [4.78, 5) is 2.67. The standard InChI is InChI=1S/C14H30N2/c1-12(2)7-6-10-16-11-14(4,5)15-9-8-13(16)3/h12-13,15H,6-11H2,1-5H3. The molecule has 1 unspecified atom stereocenters. The number of rotatable bonds is 4. The largest absolute Gasteiger partial charge is 0.310 e. The maximum atomic E-state index is 3.64. The van der Waals surface area contributed by atoms with Crippen LogP contribution in [0.5, 0.6) is 0 Å². The Hall–Kier alpha value is -0.0800. The molecule has 2 nitrogen and oxygen atoms in total. The van der Waals surface area contributed by atoms with Crippen LogP contribution in [0.25, 0.3) is 0 Å². The highest BCUT2D eigenvalue weighted by atomic mass is 15.2. The van der Waals surface area contributed by atoms with Crippen molar-refractivity contribution in [3.63, 3.8) is 0 Å². The smallest absolute Gasteiger partial charge is 0.0252 e. The predicted molar refractivity (Wildman–Crippen MR) is 71.8 cm³/mol. The lowest BCUT2D eigenvalue weighted by Crippen LogP contribution is -2.47. The fourth-order valence-corrected chi connectivity index (χ4v) is 2.52. The van der Waals surface area contributed by atoms with Crippen molar-refractivity contribution >= 4 is 0 Å². The van der Waals surface area contributed by atoms with E-state index in [1.165, 1.54) is 32.4 Å². The van der Waals surface area contributed by atoms with Gasteiger partial charge in [0.1, 0.15) is 0 Å². The first-order valence-corrected chi connectivity index (χ1v) is 6.90. The summed E-state index contributed by atoms with van der Waals surface area (Å²) in [5, 5.41) is 3.64. The zero-order chi connectivity index (χ0) is 12.2. The normalized spacial score (nSPS) is 27.0. The average molecular weight is 226 g/mol. The lowest BCUT2D eigenvalue weighted by atomic mass is 10.0. The van der Waals surface area contributed by atoms with Crippen molar-refractivity contribution in [2.24, 2.45) is 5.92 Å². The third-order valence-electron chi connectivity index (χ3n) is 3.61. The van der Waals surface area contributed by atoms with Crippen LogP contribution in [-0.4, -0.2) is 36.1 Å². The molecule has 2 heteroatoms. The molecule has 0 aromatic rings. The first-order valence-electron chi connectivity index (χ1n) is 6.90. The highest BCUT2D eigenvalue weighted by Crippen LogP contribution is 2.17. The first-order chi connectivity index (χ1) is 7.41. The van der Waals surface area contributed by atoms with Gasteiger partial charge in [0.25, 0.3) is 0 Å². The van der Waals surface area contributed by atoms with E-state index in [9.17, 15) is 0 Å². The molecule has 0 aliphatic carbocycles. The average Bonchev–Trinajstić information content (AvgIpc) is 2.25. The summed E-state index contributed by atoms with van der Waals surface area (Å²) in [6, 6.07) is 0.737. The zero-order valence-electron chi connectivity index (χ0n) is 11.8. The molecule has 0 amide bonds. The molecular formula is C14H30N2. The van der Waals surface area contributed by atoms with E-state index >= 15 is 0 Å². The van der Waals surface area contributed by atoms with Gasteiger partial charge in [0.15, 0.2) is 0 Å². The molecular weight excluding hydrogens is 196 g/mol. The van der Waals surface area contributed by atoms with Gasteiger partial charge in [-0.3, -0.25) is 4.90 Å². The fourth-order valence-electron chi connectivity index (χ4n) is 2.52. The highest BCUT2D eigenvalue weighted by molar-refractivity contribution is 4.87. The minimum absolute atomic E-state index is 0.280. The SMILES string of the molecule is CC(C)CCCN1CC(C)(C)NCCC1C. The van der Waals surface area contributed by atoms with Crippen molar-refractivity contribution in [2.75, 3.05) is 19.6 Å². The molecule has 0 saturated carbocycles. The maximum Gasteiger partial charge on any atom is 0.0252 e. The van der Waals surface area contributed by atoms with Gasteiger partial charge in [-0.05, 0) is 59.0 Å². The molecule has 1 aliphatic heterocycles. The highest BCUT2D eigenvalue weighted by Gasteiger charge is 2.27. The number of nitrogens with zero attached hydrogens (tertiary/aromatic N) is 1. The molecule has 16 heavy (non-hydrogen) atoms. The Bertz CT molecular complexity index is 199. The minimum atomic E-state index is 0.280. The van der Waals surface area contributed by atoms with E-state index < -0.39 is 0 Å². The number of hydrogen-bond acceptors (Lipinski definition) is 2.